The molecule has 1 aliphatic heterocycles. The minimum absolute atomic E-state index is 0.152. The van der Waals surface area contributed by atoms with Gasteiger partial charge >= 0.3 is 12.1 Å². The van der Waals surface area contributed by atoms with Gasteiger partial charge in [0.2, 0.25) is 0 Å². The van der Waals surface area contributed by atoms with Gasteiger partial charge in [-0.3, -0.25) is 0 Å². The van der Waals surface area contributed by atoms with E-state index in [0.717, 1.165) is 17.9 Å². The molecule has 8 heteroatoms. The molecular weight excluding hydrogens is 337 g/mol. The van der Waals surface area contributed by atoms with Gasteiger partial charge in [0.05, 0.1) is 11.7 Å². The summed E-state index contributed by atoms with van der Waals surface area (Å²) in [5.41, 5.74) is 0.118. The normalized spacial score (nSPS) is 18.6. The number of allylic oxidation sites excluding steroid dienone is 3. The van der Waals surface area contributed by atoms with Crippen LogP contribution in [0.25, 0.3) is 0 Å². The van der Waals surface area contributed by atoms with E-state index in [1.807, 2.05) is 18.7 Å². The van der Waals surface area contributed by atoms with Crippen LogP contribution >= 0.6 is 0 Å². The maximum absolute atomic E-state index is 12.8. The predicted octanol–water partition coefficient (Wildman–Crippen LogP) is 3.77. The van der Waals surface area contributed by atoms with Crippen LogP contribution in [-0.2, 0) is 9.53 Å². The molecule has 25 heavy (non-hydrogen) atoms. The van der Waals surface area contributed by atoms with Crippen molar-refractivity contribution in [3.8, 4) is 0 Å². The molecule has 1 aliphatic rings. The molecule has 1 rings (SSSR count). The number of alkyl halides is 3. The van der Waals surface area contributed by atoms with E-state index in [-0.39, 0.29) is 12.7 Å². The van der Waals surface area contributed by atoms with Gasteiger partial charge in [-0.1, -0.05) is 13.0 Å². The first kappa shape index (κ1) is 21.2. The largest absolute Gasteiger partial charge is 0.480 e. The number of carboxylic acid groups (broad SMARTS) is 1. The molecule has 5 nitrogen and oxygen atoms in total. The second-order valence-electron chi connectivity index (χ2n) is 5.85. The first-order valence-electron chi connectivity index (χ1n) is 8.24. The summed E-state index contributed by atoms with van der Waals surface area (Å²) in [4.78, 5) is 16.6. The van der Waals surface area contributed by atoms with E-state index in [9.17, 15) is 18.0 Å². The molecule has 0 atom stereocenters. The van der Waals surface area contributed by atoms with Gasteiger partial charge in [0.25, 0.3) is 0 Å². The summed E-state index contributed by atoms with van der Waals surface area (Å²) < 4.78 is 43.8. The molecule has 0 aromatic rings. The third kappa shape index (κ3) is 6.89. The Morgan fingerprint density at radius 2 is 1.96 bits per heavy atom. The van der Waals surface area contributed by atoms with Crippen molar-refractivity contribution in [1.82, 2.24) is 4.90 Å². The summed E-state index contributed by atoms with van der Waals surface area (Å²) in [6, 6.07) is 0. The minimum Gasteiger partial charge on any atom is -0.480 e. The molecule has 1 N–H and O–H groups in total. The number of aliphatic imine (C=N–C) groups is 1. The highest BCUT2D eigenvalue weighted by molar-refractivity contribution is 5.81. The molecule has 0 radical (unpaired) electrons. The molecule has 0 unspecified atom stereocenters. The van der Waals surface area contributed by atoms with Gasteiger partial charge in [-0.15, -0.1) is 0 Å². The van der Waals surface area contributed by atoms with Crippen LogP contribution < -0.4 is 0 Å². The van der Waals surface area contributed by atoms with Gasteiger partial charge in [-0.25, -0.2) is 9.79 Å². The monoisotopic (exact) mass is 362 g/mol. The lowest BCUT2D eigenvalue weighted by atomic mass is 10.1. The number of aliphatic carboxylic acids is 1. The third-order valence-electron chi connectivity index (χ3n) is 4.06. The van der Waals surface area contributed by atoms with Crippen molar-refractivity contribution in [2.24, 2.45) is 4.99 Å². The molecule has 0 aromatic carbocycles. The SMILES string of the molecule is C/C=C(\C=N/C(=C(C)CC)N1CCC(OCC(=O)O)CC1)C(F)(F)F. The fraction of sp³-hybridized carbons (Fsp3) is 0.647. The van der Waals surface area contributed by atoms with Crippen LogP contribution in [0.1, 0.15) is 40.0 Å². The number of hydrogen-bond acceptors (Lipinski definition) is 4. The number of ether oxygens (including phenoxy) is 1. The molecule has 0 aliphatic carbocycles. The van der Waals surface area contributed by atoms with Gasteiger partial charge in [0.1, 0.15) is 12.4 Å². The van der Waals surface area contributed by atoms with E-state index in [2.05, 4.69) is 4.99 Å². The summed E-state index contributed by atoms with van der Waals surface area (Å²) in [6.07, 6.45) is -0.824. The highest BCUT2D eigenvalue weighted by Gasteiger charge is 2.32. The first-order chi connectivity index (χ1) is 11.7. The van der Waals surface area contributed by atoms with Crippen LogP contribution in [0.3, 0.4) is 0 Å². The van der Waals surface area contributed by atoms with Crippen LogP contribution in [0.2, 0.25) is 0 Å². The Bertz CT molecular complexity index is 546. The summed E-state index contributed by atoms with van der Waals surface area (Å²) >= 11 is 0. The second kappa shape index (κ2) is 9.60. The van der Waals surface area contributed by atoms with Gasteiger partial charge in [-0.05, 0) is 38.7 Å². The Hall–Kier alpha value is -1.83. The fourth-order valence-corrected chi connectivity index (χ4v) is 2.49. The zero-order valence-corrected chi connectivity index (χ0v) is 14.8. The van der Waals surface area contributed by atoms with E-state index in [0.29, 0.717) is 38.2 Å². The van der Waals surface area contributed by atoms with E-state index in [4.69, 9.17) is 9.84 Å². The van der Waals surface area contributed by atoms with Crippen LogP contribution in [0.15, 0.2) is 28.0 Å². The standard InChI is InChI=1S/C17H25F3N2O3/c1-4-12(3)16(21-10-13(5-2)17(18,19)20)22-8-6-14(7-9-22)25-11-15(23)24/h5,10,14H,4,6-9,11H2,1-3H3,(H,23,24)/b13-5+,16-12?,21-10-. The Kier molecular flexibility index (Phi) is 8.15. The Balaban J connectivity index is 2.81. The average Bonchev–Trinajstić information content (AvgIpc) is 2.56. The molecule has 1 heterocycles. The van der Waals surface area contributed by atoms with Crippen LogP contribution in [-0.4, -0.2) is 54.2 Å². The van der Waals surface area contributed by atoms with Crippen molar-refractivity contribution in [2.75, 3.05) is 19.7 Å². The lowest BCUT2D eigenvalue weighted by Crippen LogP contribution is -2.37. The van der Waals surface area contributed by atoms with Crippen molar-refractivity contribution in [3.63, 3.8) is 0 Å². The number of likely N-dealkylation sites (tertiary alicyclic amines) is 1. The number of carbonyl (C=O) groups is 1. The average molecular weight is 362 g/mol. The summed E-state index contributed by atoms with van der Waals surface area (Å²) in [5.74, 6) is -0.469. The summed E-state index contributed by atoms with van der Waals surface area (Å²) in [7, 11) is 0. The summed E-state index contributed by atoms with van der Waals surface area (Å²) in [5, 5.41) is 8.64. The molecule has 0 aromatic heterocycles. The Morgan fingerprint density at radius 3 is 2.40 bits per heavy atom. The number of halogens is 3. The lowest BCUT2D eigenvalue weighted by molar-refractivity contribution is -0.145. The molecule has 1 fully saturated rings. The molecule has 0 amide bonds. The van der Waals surface area contributed by atoms with Gasteiger partial charge in [-0.2, -0.15) is 13.2 Å². The van der Waals surface area contributed by atoms with E-state index < -0.39 is 17.7 Å². The van der Waals surface area contributed by atoms with Crippen molar-refractivity contribution < 1.29 is 27.8 Å². The van der Waals surface area contributed by atoms with E-state index >= 15 is 0 Å². The van der Waals surface area contributed by atoms with E-state index in [1.54, 1.807) is 0 Å². The van der Waals surface area contributed by atoms with Crippen molar-refractivity contribution in [3.05, 3.63) is 23.0 Å². The van der Waals surface area contributed by atoms with Gasteiger partial charge < -0.3 is 14.7 Å². The lowest BCUT2D eigenvalue weighted by Gasteiger charge is -2.34. The molecule has 142 valence electrons. The highest BCUT2D eigenvalue weighted by Crippen LogP contribution is 2.26. The maximum atomic E-state index is 12.8. The number of hydrogen-bond donors (Lipinski definition) is 1. The molecule has 0 spiro atoms. The number of nitrogens with zero attached hydrogens (tertiary/aromatic N) is 2. The van der Waals surface area contributed by atoms with Gasteiger partial charge in [0, 0.05) is 19.3 Å². The number of piperidine rings is 1. The molecule has 0 bridgehead atoms. The number of rotatable bonds is 7. The fourth-order valence-electron chi connectivity index (χ4n) is 2.49. The topological polar surface area (TPSA) is 62.1 Å². The predicted molar refractivity (Wildman–Crippen MR) is 89.5 cm³/mol. The molecule has 0 saturated carbocycles. The van der Waals surface area contributed by atoms with Crippen molar-refractivity contribution in [1.29, 1.82) is 0 Å². The van der Waals surface area contributed by atoms with Crippen LogP contribution in [0.5, 0.6) is 0 Å². The highest BCUT2D eigenvalue weighted by atomic mass is 19.4. The first-order valence-corrected chi connectivity index (χ1v) is 8.24. The van der Waals surface area contributed by atoms with E-state index in [1.165, 1.54) is 6.92 Å². The zero-order valence-electron chi connectivity index (χ0n) is 14.8. The van der Waals surface area contributed by atoms with Crippen molar-refractivity contribution in [2.45, 2.75) is 52.3 Å². The van der Waals surface area contributed by atoms with Crippen LogP contribution in [0, 0.1) is 0 Å². The molecule has 1 saturated heterocycles. The summed E-state index contributed by atoms with van der Waals surface area (Å²) in [6.45, 7) is 5.89. The Morgan fingerprint density at radius 1 is 1.36 bits per heavy atom. The number of carboxylic acids is 1. The quantitative estimate of drug-likeness (QED) is 0.700. The molecular formula is C17H25F3N2O3. The third-order valence-corrected chi connectivity index (χ3v) is 4.06. The maximum Gasteiger partial charge on any atom is 0.417 e. The van der Waals surface area contributed by atoms with Crippen molar-refractivity contribution >= 4 is 12.2 Å². The second-order valence-corrected chi connectivity index (χ2v) is 5.85. The van der Waals surface area contributed by atoms with Crippen LogP contribution in [0.4, 0.5) is 13.2 Å². The zero-order chi connectivity index (χ0) is 19.0. The minimum atomic E-state index is -4.43. The van der Waals surface area contributed by atoms with Gasteiger partial charge in [0.15, 0.2) is 0 Å². The Labute approximate surface area is 145 Å². The smallest absolute Gasteiger partial charge is 0.417 e.